The number of aryl methyl sites for hydroxylation is 1. The fourth-order valence-electron chi connectivity index (χ4n) is 4.13. The molecule has 6 nitrogen and oxygen atoms in total. The summed E-state index contributed by atoms with van der Waals surface area (Å²) in [6.45, 7) is 2.80. The van der Waals surface area contributed by atoms with Gasteiger partial charge in [0.2, 0.25) is 10.0 Å². The molecule has 0 heterocycles. The lowest BCUT2D eigenvalue weighted by Crippen LogP contribution is -2.39. The van der Waals surface area contributed by atoms with Gasteiger partial charge in [0, 0.05) is 31.2 Å². The standard InChI is InChI=1S/C23H30N2O4S/c1-18-10-11-20(30(27,28)25-14-15-29-2)16-21(18)22(26)24-17-23(12-6-7-13-23)19-8-4-3-5-9-19/h3-5,8-11,16,25H,6-7,12-15,17H2,1-2H3,(H,24,26). The number of methoxy groups -OCH3 is 1. The van der Waals surface area contributed by atoms with Gasteiger partial charge in [-0.05, 0) is 43.0 Å². The van der Waals surface area contributed by atoms with Crippen LogP contribution in [0.4, 0.5) is 0 Å². The van der Waals surface area contributed by atoms with Crippen LogP contribution in [0.5, 0.6) is 0 Å². The van der Waals surface area contributed by atoms with Crippen LogP contribution in [-0.4, -0.2) is 41.1 Å². The number of rotatable bonds is 9. The first-order chi connectivity index (χ1) is 14.4. The van der Waals surface area contributed by atoms with Gasteiger partial charge < -0.3 is 10.1 Å². The summed E-state index contributed by atoms with van der Waals surface area (Å²) in [6.07, 6.45) is 4.36. The highest BCUT2D eigenvalue weighted by atomic mass is 32.2. The molecule has 1 fully saturated rings. The third-order valence-corrected chi connectivity index (χ3v) is 7.36. The van der Waals surface area contributed by atoms with E-state index < -0.39 is 10.0 Å². The molecule has 0 aliphatic heterocycles. The van der Waals surface area contributed by atoms with E-state index in [0.717, 1.165) is 31.2 Å². The highest BCUT2D eigenvalue weighted by Gasteiger charge is 2.36. The maximum Gasteiger partial charge on any atom is 0.251 e. The Balaban J connectivity index is 1.77. The normalized spacial score (nSPS) is 15.8. The third kappa shape index (κ3) is 5.09. The number of hydrogen-bond acceptors (Lipinski definition) is 4. The summed E-state index contributed by atoms with van der Waals surface area (Å²) < 4.78 is 32.4. The average Bonchev–Trinajstić information content (AvgIpc) is 3.23. The lowest BCUT2D eigenvalue weighted by Gasteiger charge is -2.30. The Morgan fingerprint density at radius 1 is 1.10 bits per heavy atom. The molecular formula is C23H30N2O4S. The molecule has 0 unspecified atom stereocenters. The van der Waals surface area contributed by atoms with Crippen molar-refractivity contribution in [1.29, 1.82) is 0 Å². The number of carbonyl (C=O) groups is 1. The molecule has 1 aliphatic carbocycles. The summed E-state index contributed by atoms with van der Waals surface area (Å²) in [6, 6.07) is 15.0. The van der Waals surface area contributed by atoms with Crippen LogP contribution >= 0.6 is 0 Å². The zero-order valence-electron chi connectivity index (χ0n) is 17.6. The van der Waals surface area contributed by atoms with Crippen molar-refractivity contribution in [2.24, 2.45) is 0 Å². The van der Waals surface area contributed by atoms with E-state index in [1.54, 1.807) is 6.07 Å². The molecule has 162 valence electrons. The van der Waals surface area contributed by atoms with Crippen molar-refractivity contribution in [2.75, 3.05) is 26.8 Å². The van der Waals surface area contributed by atoms with Crippen molar-refractivity contribution >= 4 is 15.9 Å². The van der Waals surface area contributed by atoms with Crippen LogP contribution in [-0.2, 0) is 20.2 Å². The largest absolute Gasteiger partial charge is 0.383 e. The Bertz CT molecular complexity index is 968. The van der Waals surface area contributed by atoms with Gasteiger partial charge in [-0.2, -0.15) is 0 Å². The van der Waals surface area contributed by atoms with Crippen molar-refractivity contribution in [2.45, 2.75) is 42.9 Å². The average molecular weight is 431 g/mol. The first kappa shape index (κ1) is 22.5. The molecule has 2 N–H and O–H groups in total. The second kappa shape index (κ2) is 9.73. The fraction of sp³-hybridized carbons (Fsp3) is 0.435. The molecule has 0 spiro atoms. The number of carbonyl (C=O) groups excluding carboxylic acids is 1. The minimum atomic E-state index is -3.70. The number of sulfonamides is 1. The van der Waals surface area contributed by atoms with Gasteiger partial charge in [-0.1, -0.05) is 49.2 Å². The van der Waals surface area contributed by atoms with Gasteiger partial charge in [-0.15, -0.1) is 0 Å². The van der Waals surface area contributed by atoms with Crippen LogP contribution in [0.2, 0.25) is 0 Å². The van der Waals surface area contributed by atoms with E-state index in [4.69, 9.17) is 4.74 Å². The maximum absolute atomic E-state index is 13.0. The van der Waals surface area contributed by atoms with E-state index in [-0.39, 0.29) is 29.4 Å². The highest BCUT2D eigenvalue weighted by Crippen LogP contribution is 2.40. The smallest absolute Gasteiger partial charge is 0.251 e. The van der Waals surface area contributed by atoms with Gasteiger partial charge in [-0.25, -0.2) is 13.1 Å². The molecule has 1 amide bonds. The van der Waals surface area contributed by atoms with E-state index in [0.29, 0.717) is 12.1 Å². The molecule has 30 heavy (non-hydrogen) atoms. The van der Waals surface area contributed by atoms with Crippen molar-refractivity contribution in [3.63, 3.8) is 0 Å². The van der Waals surface area contributed by atoms with E-state index in [9.17, 15) is 13.2 Å². The maximum atomic E-state index is 13.0. The van der Waals surface area contributed by atoms with Crippen LogP contribution in [0.15, 0.2) is 53.4 Å². The molecule has 0 bridgehead atoms. The van der Waals surface area contributed by atoms with Crippen molar-refractivity contribution in [1.82, 2.24) is 10.0 Å². The molecule has 0 atom stereocenters. The van der Waals surface area contributed by atoms with Gasteiger partial charge in [0.25, 0.3) is 5.91 Å². The summed E-state index contributed by atoms with van der Waals surface area (Å²) >= 11 is 0. The Hall–Kier alpha value is -2.22. The highest BCUT2D eigenvalue weighted by molar-refractivity contribution is 7.89. The number of hydrogen-bond donors (Lipinski definition) is 2. The summed E-state index contributed by atoms with van der Waals surface area (Å²) in [7, 11) is -2.19. The van der Waals surface area contributed by atoms with Crippen molar-refractivity contribution < 1.29 is 17.9 Å². The van der Waals surface area contributed by atoms with Crippen LogP contribution in [0.3, 0.4) is 0 Å². The Morgan fingerprint density at radius 3 is 2.47 bits per heavy atom. The van der Waals surface area contributed by atoms with Crippen molar-refractivity contribution in [3.05, 3.63) is 65.2 Å². The first-order valence-electron chi connectivity index (χ1n) is 10.3. The molecule has 0 aromatic heterocycles. The second-order valence-electron chi connectivity index (χ2n) is 7.90. The molecule has 1 aliphatic rings. The van der Waals surface area contributed by atoms with Gasteiger partial charge in [-0.3, -0.25) is 4.79 Å². The molecule has 2 aromatic rings. The lowest BCUT2D eigenvalue weighted by atomic mass is 9.79. The molecule has 0 saturated heterocycles. The summed E-state index contributed by atoms with van der Waals surface area (Å²) in [5, 5.41) is 3.08. The first-order valence-corrected chi connectivity index (χ1v) is 11.8. The molecule has 1 saturated carbocycles. The number of nitrogens with one attached hydrogen (secondary N) is 2. The zero-order valence-corrected chi connectivity index (χ0v) is 18.4. The van der Waals surface area contributed by atoms with Crippen LogP contribution in [0, 0.1) is 6.92 Å². The Labute approximate surface area is 179 Å². The number of ether oxygens (including phenoxy) is 1. The van der Waals surface area contributed by atoms with Crippen LogP contribution < -0.4 is 10.0 Å². The zero-order chi connectivity index (χ0) is 21.6. The van der Waals surface area contributed by atoms with Crippen LogP contribution in [0.1, 0.15) is 47.2 Å². The molecule has 7 heteroatoms. The summed E-state index contributed by atoms with van der Waals surface area (Å²) in [4.78, 5) is 13.1. The quantitative estimate of drug-likeness (QED) is 0.599. The lowest BCUT2D eigenvalue weighted by molar-refractivity contribution is 0.0942. The monoisotopic (exact) mass is 430 g/mol. The van der Waals surface area contributed by atoms with Gasteiger partial charge >= 0.3 is 0 Å². The third-order valence-electron chi connectivity index (χ3n) is 5.90. The van der Waals surface area contributed by atoms with Crippen LogP contribution in [0.25, 0.3) is 0 Å². The van der Waals surface area contributed by atoms with E-state index in [1.165, 1.54) is 24.8 Å². The summed E-state index contributed by atoms with van der Waals surface area (Å²) in [5.74, 6) is -0.247. The number of benzene rings is 2. The van der Waals surface area contributed by atoms with E-state index in [2.05, 4.69) is 22.2 Å². The van der Waals surface area contributed by atoms with Gasteiger partial charge in [0.05, 0.1) is 11.5 Å². The van der Waals surface area contributed by atoms with Gasteiger partial charge in [0.1, 0.15) is 0 Å². The second-order valence-corrected chi connectivity index (χ2v) is 9.67. The van der Waals surface area contributed by atoms with Gasteiger partial charge in [0.15, 0.2) is 0 Å². The molecule has 0 radical (unpaired) electrons. The Morgan fingerprint density at radius 2 is 1.80 bits per heavy atom. The fourth-order valence-corrected chi connectivity index (χ4v) is 5.17. The minimum Gasteiger partial charge on any atom is -0.383 e. The summed E-state index contributed by atoms with van der Waals surface area (Å²) in [5.41, 5.74) is 2.31. The predicted molar refractivity (Wildman–Crippen MR) is 117 cm³/mol. The van der Waals surface area contributed by atoms with E-state index in [1.807, 2.05) is 25.1 Å². The van der Waals surface area contributed by atoms with E-state index >= 15 is 0 Å². The Kier molecular flexibility index (Phi) is 7.28. The molecular weight excluding hydrogens is 400 g/mol. The molecule has 2 aromatic carbocycles. The van der Waals surface area contributed by atoms with Crippen molar-refractivity contribution in [3.8, 4) is 0 Å². The predicted octanol–water partition coefficient (Wildman–Crippen LogP) is 3.16. The molecule has 3 rings (SSSR count). The minimum absolute atomic E-state index is 0.0593. The number of amides is 1. The SMILES string of the molecule is COCCNS(=O)(=O)c1ccc(C)c(C(=O)NCC2(c3ccccc3)CCCC2)c1. The topological polar surface area (TPSA) is 84.5 Å².